The zero-order valence-corrected chi connectivity index (χ0v) is 17.7. The van der Waals surface area contributed by atoms with Crippen LogP contribution >= 0.6 is 0 Å². The van der Waals surface area contributed by atoms with Gasteiger partial charge in [-0.15, -0.1) is 0 Å². The van der Waals surface area contributed by atoms with Crippen molar-refractivity contribution < 1.29 is 60.7 Å². The summed E-state index contributed by atoms with van der Waals surface area (Å²) in [4.78, 5) is 0. The van der Waals surface area contributed by atoms with E-state index in [0.29, 0.717) is 12.8 Å². The molecule has 0 amide bonds. The molecule has 0 unspecified atom stereocenters. The van der Waals surface area contributed by atoms with E-state index in [9.17, 15) is 60.7 Å². The van der Waals surface area contributed by atoms with Gasteiger partial charge in [-0.1, -0.05) is 55.6 Å². The number of nitrogens with zero attached hydrogens (tertiary/aromatic N) is 1. The van der Waals surface area contributed by atoms with E-state index < -0.39 is 59.6 Å². The van der Waals surface area contributed by atoms with Crippen molar-refractivity contribution in [1.82, 2.24) is 3.71 Å². The molecular weight excluding hydrogens is 500 g/mol. The van der Waals surface area contributed by atoms with Crippen molar-refractivity contribution in [2.24, 2.45) is 0 Å². The smallest absolute Gasteiger partial charge is 0.204 e. The van der Waals surface area contributed by atoms with Gasteiger partial charge in [-0.2, -0.15) is 43.9 Å². The van der Waals surface area contributed by atoms with Crippen LogP contribution in [0.3, 0.4) is 0 Å². The molecule has 0 aliphatic carbocycles. The number of unbranched alkanes of at least 4 members (excludes halogenated alkanes) is 7. The van der Waals surface area contributed by atoms with Gasteiger partial charge in [-0.3, -0.25) is 0 Å². The van der Waals surface area contributed by atoms with E-state index in [0.717, 1.165) is 19.3 Å². The van der Waals surface area contributed by atoms with Gasteiger partial charge in [0.25, 0.3) is 0 Å². The Bertz CT molecular complexity index is 720. The van der Waals surface area contributed by atoms with Crippen molar-refractivity contribution in [3.8, 4) is 0 Å². The minimum atomic E-state index is -7.56. The molecule has 0 aromatic carbocycles. The molecule has 0 fully saturated rings. The molecule has 0 N–H and O–H groups in total. The Labute approximate surface area is 172 Å². The lowest BCUT2D eigenvalue weighted by Gasteiger charge is -2.30. The molecule has 0 aromatic rings. The van der Waals surface area contributed by atoms with E-state index in [1.165, 1.54) is 0 Å². The molecule has 0 aliphatic heterocycles. The van der Waals surface area contributed by atoms with E-state index in [4.69, 9.17) is 0 Å². The second kappa shape index (κ2) is 10.4. The van der Waals surface area contributed by atoms with E-state index in [2.05, 4.69) is 0 Å². The van der Waals surface area contributed by atoms with Crippen LogP contribution in [0.1, 0.15) is 58.3 Å². The Morgan fingerprint density at radius 3 is 1.13 bits per heavy atom. The second-order valence-electron chi connectivity index (χ2n) is 6.51. The van der Waals surface area contributed by atoms with E-state index in [1.54, 1.807) is 0 Å². The van der Waals surface area contributed by atoms with Gasteiger partial charge in [0.2, 0.25) is 0 Å². The third-order valence-corrected chi connectivity index (χ3v) is 8.41. The van der Waals surface area contributed by atoms with Crippen LogP contribution in [0.5, 0.6) is 0 Å². The molecule has 0 saturated carbocycles. The lowest BCUT2D eigenvalue weighted by molar-refractivity contribution is -0.244. The van der Waals surface area contributed by atoms with Crippen LogP contribution in [0.15, 0.2) is 0 Å². The Kier molecular flexibility index (Phi) is 10.1. The number of hydrogen-bond acceptors (Lipinski definition) is 4. The molecule has 0 saturated heterocycles. The lowest BCUT2D eigenvalue weighted by Crippen LogP contribution is -2.59. The first-order chi connectivity index (χ1) is 13.7. The molecule has 0 heterocycles. The highest BCUT2D eigenvalue weighted by atomic mass is 32.3. The predicted molar refractivity (Wildman–Crippen MR) is 89.2 cm³/mol. The molecule has 5 nitrogen and oxygen atoms in total. The van der Waals surface area contributed by atoms with Crippen molar-refractivity contribution in [3.05, 3.63) is 0 Å². The molecule has 0 radical (unpaired) electrons. The summed E-state index contributed by atoms with van der Waals surface area (Å²) < 4.78 is 173. The minimum Gasteiger partial charge on any atom is -0.204 e. The summed E-state index contributed by atoms with van der Waals surface area (Å²) in [5.41, 5.74) is 0. The zero-order valence-electron chi connectivity index (χ0n) is 16.0. The standard InChI is InChI=1S/C14H21F10NO4S2/c1-2-3-4-5-6-7-8-9-10-25(30(26,27)13(21,22)11(15,16)17)31(28,29)14(23,24)12(18,19)20/h2-10H2,1H3. The van der Waals surface area contributed by atoms with Crippen LogP contribution in [-0.2, 0) is 20.0 Å². The van der Waals surface area contributed by atoms with Crippen molar-refractivity contribution in [1.29, 1.82) is 0 Å². The van der Waals surface area contributed by atoms with Crippen LogP contribution in [0, 0.1) is 0 Å². The molecule has 0 rings (SSSR count). The SMILES string of the molecule is CCCCCCCCCCN(S(=O)(=O)C(F)(F)C(F)(F)F)S(=O)(=O)C(F)(F)C(F)(F)F. The topological polar surface area (TPSA) is 71.5 Å². The van der Waals surface area contributed by atoms with Crippen LogP contribution in [0.4, 0.5) is 43.9 Å². The number of hydrogen-bond donors (Lipinski definition) is 0. The van der Waals surface area contributed by atoms with Gasteiger partial charge in [0.1, 0.15) is 0 Å². The Morgan fingerprint density at radius 2 is 0.839 bits per heavy atom. The molecule has 31 heavy (non-hydrogen) atoms. The molecule has 17 heteroatoms. The summed E-state index contributed by atoms with van der Waals surface area (Å²) in [5, 5.41) is -13.9. The van der Waals surface area contributed by atoms with Crippen LogP contribution < -0.4 is 0 Å². The normalized spacial score (nSPS) is 15.0. The largest absolute Gasteiger partial charge is 0.471 e. The van der Waals surface area contributed by atoms with Crippen molar-refractivity contribution >= 4 is 20.0 Å². The molecule has 188 valence electrons. The Balaban J connectivity index is 5.88. The molecule has 0 aromatic heterocycles. The average Bonchev–Trinajstić information content (AvgIpc) is 2.57. The fourth-order valence-corrected chi connectivity index (χ4v) is 5.72. The number of halogens is 10. The van der Waals surface area contributed by atoms with E-state index in [1.807, 2.05) is 6.92 Å². The summed E-state index contributed by atoms with van der Waals surface area (Å²) >= 11 is 0. The highest BCUT2D eigenvalue weighted by molar-refractivity contribution is 8.05. The first-order valence-corrected chi connectivity index (χ1v) is 11.7. The van der Waals surface area contributed by atoms with Crippen molar-refractivity contribution in [2.45, 2.75) is 81.2 Å². The summed E-state index contributed by atoms with van der Waals surface area (Å²) in [6.07, 6.45) is -11.2. The van der Waals surface area contributed by atoms with Crippen molar-refractivity contribution in [3.63, 3.8) is 0 Å². The first kappa shape index (κ1) is 30.2. The van der Waals surface area contributed by atoms with Gasteiger partial charge in [0, 0.05) is 6.54 Å². The lowest BCUT2D eigenvalue weighted by atomic mass is 10.1. The number of rotatable bonds is 13. The van der Waals surface area contributed by atoms with Gasteiger partial charge >= 0.3 is 42.9 Å². The summed E-state index contributed by atoms with van der Waals surface area (Å²) in [6, 6.07) is 0. The van der Waals surface area contributed by atoms with Gasteiger partial charge in [0.05, 0.1) is 0 Å². The third-order valence-electron chi connectivity index (χ3n) is 4.04. The third kappa shape index (κ3) is 6.58. The zero-order chi connectivity index (χ0) is 24.9. The van der Waals surface area contributed by atoms with Crippen LogP contribution in [-0.4, -0.2) is 50.0 Å². The van der Waals surface area contributed by atoms with E-state index >= 15 is 0 Å². The van der Waals surface area contributed by atoms with Gasteiger partial charge < -0.3 is 0 Å². The highest BCUT2D eigenvalue weighted by Crippen LogP contribution is 2.47. The minimum absolute atomic E-state index is 0.184. The van der Waals surface area contributed by atoms with Crippen molar-refractivity contribution in [2.75, 3.05) is 6.54 Å². The maximum absolute atomic E-state index is 13.4. The van der Waals surface area contributed by atoms with Crippen LogP contribution in [0.2, 0.25) is 0 Å². The monoisotopic (exact) mass is 521 g/mol. The quantitative estimate of drug-likeness (QED) is 0.241. The van der Waals surface area contributed by atoms with Gasteiger partial charge in [0.15, 0.2) is 0 Å². The molecule has 0 bridgehead atoms. The summed E-state index contributed by atoms with van der Waals surface area (Å²) in [5.74, 6) is 0. The Hall–Kier alpha value is -0.840. The maximum Gasteiger partial charge on any atom is 0.471 e. The first-order valence-electron chi connectivity index (χ1n) is 8.85. The molecule has 0 aliphatic rings. The Morgan fingerprint density at radius 1 is 0.548 bits per heavy atom. The number of sulfonamides is 2. The van der Waals surface area contributed by atoms with Crippen LogP contribution in [0.25, 0.3) is 0 Å². The summed E-state index contributed by atoms with van der Waals surface area (Å²) in [7, 11) is -15.1. The fourth-order valence-electron chi connectivity index (χ4n) is 2.29. The molecule has 0 atom stereocenters. The average molecular weight is 521 g/mol. The predicted octanol–water partition coefficient (Wildman–Crippen LogP) is 5.40. The fraction of sp³-hybridized carbons (Fsp3) is 1.00. The number of alkyl halides is 10. The second-order valence-corrected chi connectivity index (χ2v) is 10.5. The van der Waals surface area contributed by atoms with E-state index in [-0.39, 0.29) is 12.8 Å². The maximum atomic E-state index is 13.4. The summed E-state index contributed by atoms with van der Waals surface area (Å²) in [6.45, 7) is -0.0418. The molecule has 0 spiro atoms. The highest BCUT2D eigenvalue weighted by Gasteiger charge is 2.75. The molecular formula is C14H21F10NO4S2. The van der Waals surface area contributed by atoms with Gasteiger partial charge in [-0.25, -0.2) is 16.8 Å². The van der Waals surface area contributed by atoms with Gasteiger partial charge in [-0.05, 0) is 6.42 Å².